The lowest BCUT2D eigenvalue weighted by atomic mass is 10.2. The van der Waals surface area contributed by atoms with E-state index >= 15 is 0 Å². The number of phenols is 1. The molecule has 0 heterocycles. The molecule has 1 aromatic carbocycles. The van der Waals surface area contributed by atoms with Crippen molar-refractivity contribution in [1.82, 2.24) is 0 Å². The van der Waals surface area contributed by atoms with Crippen LogP contribution in [0.15, 0.2) is 12.1 Å². The van der Waals surface area contributed by atoms with Crippen molar-refractivity contribution in [2.45, 2.75) is 0 Å². The van der Waals surface area contributed by atoms with E-state index in [9.17, 15) is 9.90 Å². The van der Waals surface area contributed by atoms with Crippen LogP contribution in [0.5, 0.6) is 11.5 Å². The highest BCUT2D eigenvalue weighted by Gasteiger charge is 2.16. The Morgan fingerprint density at radius 3 is 2.57 bits per heavy atom. The molecule has 0 bridgehead atoms. The molecule has 0 aromatic heterocycles. The lowest BCUT2D eigenvalue weighted by Crippen LogP contribution is -2.03. The van der Waals surface area contributed by atoms with Gasteiger partial charge in [-0.2, -0.15) is 0 Å². The second-order valence-corrected chi connectivity index (χ2v) is 3.74. The molecule has 0 aliphatic heterocycles. The van der Waals surface area contributed by atoms with Crippen molar-refractivity contribution < 1.29 is 19.4 Å². The first-order valence-corrected chi connectivity index (χ1v) is 4.82. The largest absolute Gasteiger partial charge is 0.504 e. The summed E-state index contributed by atoms with van der Waals surface area (Å²) in [7, 11) is 2.68. The van der Waals surface area contributed by atoms with Crippen LogP contribution < -0.4 is 4.74 Å². The average molecular weight is 308 g/mol. The number of halogens is 1. The Kier molecular flexibility index (Phi) is 3.56. The molecule has 1 aromatic rings. The van der Waals surface area contributed by atoms with Crippen molar-refractivity contribution in [2.24, 2.45) is 0 Å². The Labute approximate surface area is 95.0 Å². The van der Waals surface area contributed by atoms with Crippen molar-refractivity contribution in [3.05, 3.63) is 21.3 Å². The summed E-state index contributed by atoms with van der Waals surface area (Å²) in [6.07, 6.45) is 0. The summed E-state index contributed by atoms with van der Waals surface area (Å²) < 4.78 is 10.2. The van der Waals surface area contributed by atoms with E-state index in [2.05, 4.69) is 4.74 Å². The van der Waals surface area contributed by atoms with Gasteiger partial charge in [-0.15, -0.1) is 0 Å². The van der Waals surface area contributed by atoms with Gasteiger partial charge in [0, 0.05) is 3.57 Å². The summed E-state index contributed by atoms with van der Waals surface area (Å²) >= 11 is 2.02. The van der Waals surface area contributed by atoms with Crippen molar-refractivity contribution in [3.63, 3.8) is 0 Å². The molecule has 1 N–H and O–H groups in total. The number of methoxy groups -OCH3 is 2. The van der Waals surface area contributed by atoms with E-state index in [1.807, 2.05) is 22.6 Å². The number of carbonyl (C=O) groups is 1. The molecule has 4 nitrogen and oxygen atoms in total. The Morgan fingerprint density at radius 2 is 2.07 bits per heavy atom. The summed E-state index contributed by atoms with van der Waals surface area (Å²) in [5, 5.41) is 9.59. The maximum absolute atomic E-state index is 11.2. The number of ether oxygens (including phenoxy) is 2. The van der Waals surface area contributed by atoms with Crippen molar-refractivity contribution in [1.29, 1.82) is 0 Å². The summed E-state index contributed by atoms with van der Waals surface area (Å²) in [5.74, 6) is -0.517. The number of hydrogen-bond acceptors (Lipinski definition) is 4. The fourth-order valence-electron chi connectivity index (χ4n) is 0.995. The fraction of sp³-hybridized carbons (Fsp3) is 0.222. The van der Waals surface area contributed by atoms with Gasteiger partial charge in [-0.05, 0) is 34.7 Å². The molecule has 0 aliphatic carbocycles. The first-order chi connectivity index (χ1) is 6.60. The Bertz CT molecular complexity index is 362. The zero-order chi connectivity index (χ0) is 10.7. The SMILES string of the molecule is COC(=O)c1cc(I)cc(OC)c1O. The minimum Gasteiger partial charge on any atom is -0.504 e. The average Bonchev–Trinajstić information content (AvgIpc) is 2.19. The van der Waals surface area contributed by atoms with E-state index in [4.69, 9.17) is 4.74 Å². The third-order valence-corrected chi connectivity index (χ3v) is 2.29. The lowest BCUT2D eigenvalue weighted by molar-refractivity contribution is 0.0596. The number of aromatic hydroxyl groups is 1. The normalized spacial score (nSPS) is 9.64. The Hall–Kier alpha value is -0.980. The highest BCUT2D eigenvalue weighted by atomic mass is 127. The minimum absolute atomic E-state index is 0.108. The van der Waals surface area contributed by atoms with Crippen LogP contribution in [0, 0.1) is 3.57 Å². The number of phenolic OH excluding ortho intramolecular Hbond substituents is 1. The maximum Gasteiger partial charge on any atom is 0.341 e. The molecular formula is C9H9IO4. The molecule has 0 amide bonds. The van der Waals surface area contributed by atoms with Crippen molar-refractivity contribution in [2.75, 3.05) is 14.2 Å². The molecule has 0 saturated heterocycles. The lowest BCUT2D eigenvalue weighted by Gasteiger charge is -2.07. The second-order valence-electron chi connectivity index (χ2n) is 2.50. The predicted octanol–water partition coefficient (Wildman–Crippen LogP) is 1.79. The van der Waals surface area contributed by atoms with Crippen LogP contribution in [0.4, 0.5) is 0 Å². The van der Waals surface area contributed by atoms with Crippen LogP contribution in [-0.2, 0) is 4.74 Å². The van der Waals surface area contributed by atoms with Crippen LogP contribution in [-0.4, -0.2) is 25.3 Å². The molecule has 0 aliphatic rings. The third-order valence-electron chi connectivity index (χ3n) is 1.66. The highest BCUT2D eigenvalue weighted by molar-refractivity contribution is 14.1. The topological polar surface area (TPSA) is 55.8 Å². The molecule has 14 heavy (non-hydrogen) atoms. The molecule has 0 saturated carbocycles. The highest BCUT2D eigenvalue weighted by Crippen LogP contribution is 2.32. The van der Waals surface area contributed by atoms with Gasteiger partial charge in [0.25, 0.3) is 0 Å². The van der Waals surface area contributed by atoms with Crippen LogP contribution in [0.3, 0.4) is 0 Å². The standard InChI is InChI=1S/C9H9IO4/c1-13-7-4-5(10)3-6(8(7)11)9(12)14-2/h3-4,11H,1-2H3. The molecule has 1 rings (SSSR count). The molecule has 0 unspecified atom stereocenters. The van der Waals surface area contributed by atoms with E-state index in [-0.39, 0.29) is 17.1 Å². The van der Waals surface area contributed by atoms with Crippen LogP contribution >= 0.6 is 22.6 Å². The van der Waals surface area contributed by atoms with Gasteiger partial charge in [-0.25, -0.2) is 4.79 Å². The molecule has 5 heteroatoms. The molecule has 0 fully saturated rings. The second kappa shape index (κ2) is 4.50. The fourth-order valence-corrected chi connectivity index (χ4v) is 1.59. The third kappa shape index (κ3) is 2.09. The predicted molar refractivity (Wildman–Crippen MR) is 58.7 cm³/mol. The Balaban J connectivity index is 3.29. The minimum atomic E-state index is -0.584. The molecular weight excluding hydrogens is 299 g/mol. The molecule has 0 spiro atoms. The first kappa shape index (κ1) is 11.1. The smallest absolute Gasteiger partial charge is 0.341 e. The van der Waals surface area contributed by atoms with Crippen molar-refractivity contribution in [3.8, 4) is 11.5 Å². The first-order valence-electron chi connectivity index (χ1n) is 3.75. The van der Waals surface area contributed by atoms with Gasteiger partial charge >= 0.3 is 5.97 Å². The number of hydrogen-bond donors (Lipinski definition) is 1. The Morgan fingerprint density at radius 1 is 1.43 bits per heavy atom. The van der Waals surface area contributed by atoms with Gasteiger partial charge in [-0.1, -0.05) is 0 Å². The summed E-state index contributed by atoms with van der Waals surface area (Å²) in [6, 6.07) is 3.16. The van der Waals surface area contributed by atoms with Gasteiger partial charge < -0.3 is 14.6 Å². The number of esters is 1. The van der Waals surface area contributed by atoms with Gasteiger partial charge in [0.1, 0.15) is 5.56 Å². The zero-order valence-corrected chi connectivity index (χ0v) is 9.86. The summed E-state index contributed by atoms with van der Waals surface area (Å²) in [5.41, 5.74) is 0.108. The summed E-state index contributed by atoms with van der Waals surface area (Å²) in [6.45, 7) is 0. The van der Waals surface area contributed by atoms with Crippen LogP contribution in [0.25, 0.3) is 0 Å². The molecule has 76 valence electrons. The summed E-state index contributed by atoms with van der Waals surface area (Å²) in [4.78, 5) is 11.2. The van der Waals surface area contributed by atoms with Gasteiger partial charge in [0.05, 0.1) is 14.2 Å². The van der Waals surface area contributed by atoms with Crippen LogP contribution in [0.2, 0.25) is 0 Å². The zero-order valence-electron chi connectivity index (χ0n) is 7.70. The van der Waals surface area contributed by atoms with E-state index in [1.54, 1.807) is 6.07 Å². The quantitative estimate of drug-likeness (QED) is 0.668. The van der Waals surface area contributed by atoms with Gasteiger partial charge in [0.2, 0.25) is 0 Å². The number of benzene rings is 1. The van der Waals surface area contributed by atoms with Gasteiger partial charge in [-0.3, -0.25) is 0 Å². The maximum atomic E-state index is 11.2. The van der Waals surface area contributed by atoms with E-state index < -0.39 is 5.97 Å². The van der Waals surface area contributed by atoms with E-state index in [1.165, 1.54) is 20.3 Å². The number of carbonyl (C=O) groups excluding carboxylic acids is 1. The molecule has 0 radical (unpaired) electrons. The van der Waals surface area contributed by atoms with E-state index in [0.29, 0.717) is 0 Å². The number of rotatable bonds is 2. The monoisotopic (exact) mass is 308 g/mol. The molecule has 0 atom stereocenters. The van der Waals surface area contributed by atoms with Gasteiger partial charge in [0.15, 0.2) is 11.5 Å². The van der Waals surface area contributed by atoms with Crippen molar-refractivity contribution >= 4 is 28.6 Å². The van der Waals surface area contributed by atoms with E-state index in [0.717, 1.165) is 3.57 Å². The van der Waals surface area contributed by atoms with Crippen LogP contribution in [0.1, 0.15) is 10.4 Å².